The lowest BCUT2D eigenvalue weighted by Crippen LogP contribution is -2.39. The zero-order valence-corrected chi connectivity index (χ0v) is 20.2. The zero-order chi connectivity index (χ0) is 23.3. The van der Waals surface area contributed by atoms with E-state index in [2.05, 4.69) is 9.88 Å². The van der Waals surface area contributed by atoms with Gasteiger partial charge in [0.1, 0.15) is 11.9 Å². The maximum Gasteiger partial charge on any atom is 0.231 e. The first-order valence-corrected chi connectivity index (χ1v) is 13.3. The first kappa shape index (κ1) is 22.7. The maximum absolute atomic E-state index is 12.0. The third-order valence-corrected chi connectivity index (χ3v) is 7.77. The van der Waals surface area contributed by atoms with Crippen molar-refractivity contribution in [3.8, 4) is 11.4 Å². The number of sulfone groups is 1. The van der Waals surface area contributed by atoms with Crippen LogP contribution < -0.4 is 4.74 Å². The van der Waals surface area contributed by atoms with Crippen LogP contribution in [0.5, 0.6) is 5.75 Å². The average Bonchev–Trinajstić information content (AvgIpc) is 3.47. The van der Waals surface area contributed by atoms with E-state index in [1.165, 1.54) is 10.8 Å². The Hall–Kier alpha value is -2.10. The third-order valence-electron chi connectivity index (χ3n) is 6.24. The van der Waals surface area contributed by atoms with Gasteiger partial charge in [-0.2, -0.15) is 0 Å². The fourth-order valence-corrected chi connectivity index (χ4v) is 6.10. The van der Waals surface area contributed by atoms with E-state index in [1.54, 1.807) is 36.5 Å². The molecule has 1 saturated heterocycles. The minimum Gasteiger partial charge on any atom is -0.484 e. The van der Waals surface area contributed by atoms with Crippen LogP contribution in [-0.2, 0) is 16.3 Å². The molecule has 1 aromatic heterocycles. The summed E-state index contributed by atoms with van der Waals surface area (Å²) in [6, 6.07) is 10.9. The number of aliphatic hydroxyl groups is 1. The van der Waals surface area contributed by atoms with Gasteiger partial charge >= 0.3 is 0 Å². The van der Waals surface area contributed by atoms with Crippen molar-refractivity contribution in [3.05, 3.63) is 70.0 Å². The van der Waals surface area contributed by atoms with Crippen molar-refractivity contribution in [2.75, 3.05) is 19.3 Å². The Bertz CT molecular complexity index is 1290. The third kappa shape index (κ3) is 4.38. The number of aliphatic hydroxyl groups excluding tert-OH is 1. The van der Waals surface area contributed by atoms with E-state index >= 15 is 0 Å². The molecular formula is C23H23Cl2N3O4S. The molecule has 7 nitrogen and oxygen atoms in total. The molecule has 0 amide bonds. The average molecular weight is 508 g/mol. The van der Waals surface area contributed by atoms with Gasteiger partial charge in [-0.1, -0.05) is 23.2 Å². The van der Waals surface area contributed by atoms with E-state index in [0.717, 1.165) is 30.3 Å². The Kier molecular flexibility index (Phi) is 5.91. The molecule has 10 heteroatoms. The molecule has 1 N–H and O–H groups in total. The SMILES string of the molecule is CS(=O)(=O)c1nccn1-c1ccc(O[C@H]2c3cc(Cl)cc(Cl)c3C[C@@H]2N2CC[C@@H](O)C2)cc1. The number of fused-ring (bicyclic) bond motifs is 1. The quantitative estimate of drug-likeness (QED) is 0.566. The fourth-order valence-electron chi connectivity index (χ4n) is 4.74. The molecule has 0 radical (unpaired) electrons. The van der Waals surface area contributed by atoms with Gasteiger partial charge in [0.25, 0.3) is 0 Å². The van der Waals surface area contributed by atoms with Crippen LogP contribution in [0.25, 0.3) is 5.69 Å². The van der Waals surface area contributed by atoms with Gasteiger partial charge in [0.05, 0.1) is 12.1 Å². The van der Waals surface area contributed by atoms with Gasteiger partial charge in [0.15, 0.2) is 0 Å². The van der Waals surface area contributed by atoms with Crippen LogP contribution in [0.1, 0.15) is 23.7 Å². The van der Waals surface area contributed by atoms with Crippen LogP contribution in [0.3, 0.4) is 0 Å². The number of hydrogen-bond acceptors (Lipinski definition) is 6. The predicted molar refractivity (Wildman–Crippen MR) is 126 cm³/mol. The standard InChI is InChI=1S/C23H23Cl2N3O4S/c1-33(30,31)23-26-7-9-28(23)15-2-4-17(5-3-15)32-22-19-10-14(24)11-20(25)18(19)12-21(22)27-8-6-16(29)13-27/h2-5,7,9-11,16,21-22,29H,6,8,12-13H2,1H3/t16-,21+,22+/m1/s1. The highest BCUT2D eigenvalue weighted by atomic mass is 35.5. The molecule has 2 aromatic carbocycles. The minimum atomic E-state index is -3.46. The van der Waals surface area contributed by atoms with E-state index in [0.29, 0.717) is 34.4 Å². The van der Waals surface area contributed by atoms with Gasteiger partial charge in [-0.05, 0) is 54.8 Å². The second-order valence-corrected chi connectivity index (χ2v) is 11.3. The van der Waals surface area contributed by atoms with Crippen molar-refractivity contribution < 1.29 is 18.3 Å². The second-order valence-electron chi connectivity index (χ2n) is 8.55. The molecule has 2 heterocycles. The highest BCUT2D eigenvalue weighted by Gasteiger charge is 2.41. The molecule has 3 aromatic rings. The van der Waals surface area contributed by atoms with Gasteiger partial charge < -0.3 is 9.84 Å². The van der Waals surface area contributed by atoms with E-state index in [-0.39, 0.29) is 23.4 Å². The lowest BCUT2D eigenvalue weighted by atomic mass is 10.1. The summed E-state index contributed by atoms with van der Waals surface area (Å²) < 4.78 is 32.0. The molecule has 3 atom stereocenters. The summed E-state index contributed by atoms with van der Waals surface area (Å²) in [6.45, 7) is 1.39. The molecule has 1 aliphatic carbocycles. The van der Waals surface area contributed by atoms with Gasteiger partial charge in [-0.3, -0.25) is 9.47 Å². The molecule has 0 unspecified atom stereocenters. The summed E-state index contributed by atoms with van der Waals surface area (Å²) in [5.74, 6) is 0.637. The Labute approximate surface area is 202 Å². The lowest BCUT2D eigenvalue weighted by Gasteiger charge is -2.30. The van der Waals surface area contributed by atoms with E-state index in [9.17, 15) is 13.5 Å². The van der Waals surface area contributed by atoms with Crippen molar-refractivity contribution >= 4 is 33.0 Å². The van der Waals surface area contributed by atoms with Crippen molar-refractivity contribution in [2.24, 2.45) is 0 Å². The molecule has 0 spiro atoms. The summed E-state index contributed by atoms with van der Waals surface area (Å²) in [5.41, 5.74) is 2.64. The highest BCUT2D eigenvalue weighted by molar-refractivity contribution is 7.90. The van der Waals surface area contributed by atoms with Crippen molar-refractivity contribution in [2.45, 2.75) is 36.2 Å². The van der Waals surface area contributed by atoms with Crippen molar-refractivity contribution in [1.29, 1.82) is 0 Å². The topological polar surface area (TPSA) is 84.7 Å². The Morgan fingerprint density at radius 1 is 1.18 bits per heavy atom. The Morgan fingerprint density at radius 3 is 2.61 bits per heavy atom. The summed E-state index contributed by atoms with van der Waals surface area (Å²) in [4.78, 5) is 6.21. The molecule has 174 valence electrons. The summed E-state index contributed by atoms with van der Waals surface area (Å²) >= 11 is 12.8. The molecule has 5 rings (SSSR count). The number of likely N-dealkylation sites (tertiary alicyclic amines) is 1. The van der Waals surface area contributed by atoms with Crippen LogP contribution in [0, 0.1) is 0 Å². The maximum atomic E-state index is 12.0. The summed E-state index contributed by atoms with van der Waals surface area (Å²) in [7, 11) is -3.46. The monoisotopic (exact) mass is 507 g/mol. The summed E-state index contributed by atoms with van der Waals surface area (Å²) in [5, 5.41) is 11.2. The van der Waals surface area contributed by atoms with Crippen LogP contribution in [0.2, 0.25) is 10.0 Å². The number of halogens is 2. The molecule has 0 bridgehead atoms. The molecule has 1 aliphatic heterocycles. The predicted octanol–water partition coefficient (Wildman–Crippen LogP) is 3.69. The minimum absolute atomic E-state index is 0.0159. The smallest absolute Gasteiger partial charge is 0.231 e. The number of aromatic nitrogens is 2. The number of nitrogens with zero attached hydrogens (tertiary/aromatic N) is 3. The van der Waals surface area contributed by atoms with Crippen LogP contribution >= 0.6 is 23.2 Å². The van der Waals surface area contributed by atoms with Crippen molar-refractivity contribution in [3.63, 3.8) is 0 Å². The van der Waals surface area contributed by atoms with Gasteiger partial charge in [-0.25, -0.2) is 13.4 Å². The second kappa shape index (κ2) is 8.60. The number of β-amino-alcohol motifs (C(OH)–C–C–N with tert-alkyl or cyclic N) is 1. The molecule has 33 heavy (non-hydrogen) atoms. The van der Waals surface area contributed by atoms with E-state index < -0.39 is 9.84 Å². The van der Waals surface area contributed by atoms with Crippen LogP contribution in [0.4, 0.5) is 0 Å². The first-order valence-electron chi connectivity index (χ1n) is 10.6. The van der Waals surface area contributed by atoms with E-state index in [1.807, 2.05) is 6.07 Å². The number of hydrogen-bond donors (Lipinski definition) is 1. The first-order chi connectivity index (χ1) is 15.7. The molecular weight excluding hydrogens is 485 g/mol. The number of imidazole rings is 1. The normalized spacial score (nSPS) is 23.1. The largest absolute Gasteiger partial charge is 0.484 e. The number of rotatable bonds is 5. The van der Waals surface area contributed by atoms with Crippen molar-refractivity contribution in [1.82, 2.24) is 14.5 Å². The lowest BCUT2D eigenvalue weighted by molar-refractivity contribution is 0.0818. The van der Waals surface area contributed by atoms with Gasteiger partial charge in [0.2, 0.25) is 15.0 Å². The van der Waals surface area contributed by atoms with Gasteiger partial charge in [-0.15, -0.1) is 0 Å². The summed E-state index contributed by atoms with van der Waals surface area (Å²) in [6.07, 6.45) is 5.01. The Balaban J connectivity index is 1.45. The Morgan fingerprint density at radius 2 is 1.94 bits per heavy atom. The van der Waals surface area contributed by atoms with Gasteiger partial charge in [0, 0.05) is 53.0 Å². The van der Waals surface area contributed by atoms with Crippen LogP contribution in [0.15, 0.2) is 53.9 Å². The van der Waals surface area contributed by atoms with E-state index in [4.69, 9.17) is 27.9 Å². The fraction of sp³-hybridized carbons (Fsp3) is 0.348. The highest BCUT2D eigenvalue weighted by Crippen LogP contribution is 2.43. The number of ether oxygens (including phenoxy) is 1. The molecule has 0 saturated carbocycles. The number of benzene rings is 2. The molecule has 1 fully saturated rings. The van der Waals surface area contributed by atoms with Crippen LogP contribution in [-0.4, -0.2) is 59.5 Å². The molecule has 2 aliphatic rings. The zero-order valence-electron chi connectivity index (χ0n) is 17.9.